The first kappa shape index (κ1) is 27.1. The minimum absolute atomic E-state index is 0.0481. The van der Waals surface area contributed by atoms with E-state index in [-0.39, 0.29) is 24.7 Å². The van der Waals surface area contributed by atoms with Gasteiger partial charge in [-0.1, -0.05) is 57.5 Å². The fraction of sp³-hybridized carbons (Fsp3) is 0.538. The van der Waals surface area contributed by atoms with Crippen molar-refractivity contribution in [2.24, 2.45) is 5.92 Å². The summed E-state index contributed by atoms with van der Waals surface area (Å²) in [6.07, 6.45) is 1.95. The van der Waals surface area contributed by atoms with Crippen LogP contribution in [0.1, 0.15) is 78.7 Å². The Labute approximate surface area is 202 Å². The van der Waals surface area contributed by atoms with Gasteiger partial charge in [-0.2, -0.15) is 0 Å². The molecule has 2 atom stereocenters. The maximum atomic E-state index is 13.1. The second-order valence-corrected chi connectivity index (χ2v) is 9.57. The summed E-state index contributed by atoms with van der Waals surface area (Å²) in [5.41, 5.74) is 2.36. The average molecular weight is 471 g/mol. The molecule has 1 aromatic carbocycles. The van der Waals surface area contributed by atoms with Crippen molar-refractivity contribution in [1.82, 2.24) is 20.2 Å². The van der Waals surface area contributed by atoms with Crippen LogP contribution in [0, 0.1) is 12.8 Å². The number of ether oxygens (including phenoxy) is 1. The highest BCUT2D eigenvalue weighted by Crippen LogP contribution is 2.32. The summed E-state index contributed by atoms with van der Waals surface area (Å²) in [4.78, 5) is 46.9. The minimum atomic E-state index is -0.761. The molecule has 8 nitrogen and oxygen atoms in total. The number of nitrogens with one attached hydrogen (secondary N) is 2. The molecule has 0 radical (unpaired) electrons. The van der Waals surface area contributed by atoms with E-state index in [1.54, 1.807) is 27.0 Å². The Morgan fingerprint density at radius 1 is 1.15 bits per heavy atom. The van der Waals surface area contributed by atoms with E-state index >= 15 is 0 Å². The quantitative estimate of drug-likeness (QED) is 0.430. The molecule has 1 aliphatic heterocycles. The molecule has 0 aliphatic carbocycles. The van der Waals surface area contributed by atoms with E-state index < -0.39 is 29.7 Å². The molecule has 8 heteroatoms. The third-order valence-electron chi connectivity index (χ3n) is 5.26. The number of hydrogen-bond acceptors (Lipinski definition) is 5. The molecule has 2 aromatic rings. The summed E-state index contributed by atoms with van der Waals surface area (Å²) in [6, 6.07) is 6.24. The molecular formula is C26H38N4O4. The number of imide groups is 1. The van der Waals surface area contributed by atoms with Crippen molar-refractivity contribution >= 4 is 17.9 Å². The highest BCUT2D eigenvalue weighted by Gasteiger charge is 2.44. The van der Waals surface area contributed by atoms with Gasteiger partial charge in [-0.15, -0.1) is 0 Å². The maximum Gasteiger partial charge on any atom is 0.325 e. The van der Waals surface area contributed by atoms with Crippen LogP contribution in [-0.4, -0.2) is 44.4 Å². The fourth-order valence-electron chi connectivity index (χ4n) is 3.76. The molecule has 34 heavy (non-hydrogen) atoms. The monoisotopic (exact) mass is 470 g/mol. The van der Waals surface area contributed by atoms with E-state index in [1.807, 2.05) is 58.9 Å². The van der Waals surface area contributed by atoms with Crippen molar-refractivity contribution < 1.29 is 19.1 Å². The van der Waals surface area contributed by atoms with Crippen molar-refractivity contribution in [3.63, 3.8) is 0 Å². The first-order valence-corrected chi connectivity index (χ1v) is 11.9. The molecule has 0 unspecified atom stereocenters. The third kappa shape index (κ3) is 6.68. The number of amides is 3. The van der Waals surface area contributed by atoms with Gasteiger partial charge in [-0.3, -0.25) is 14.5 Å². The minimum Gasteiger partial charge on any atom is -0.460 e. The van der Waals surface area contributed by atoms with Gasteiger partial charge in [0.05, 0.1) is 11.9 Å². The van der Waals surface area contributed by atoms with Crippen LogP contribution in [-0.2, 0) is 14.3 Å². The lowest BCUT2D eigenvalue weighted by Gasteiger charge is -2.27. The van der Waals surface area contributed by atoms with Crippen molar-refractivity contribution in [2.75, 3.05) is 0 Å². The molecule has 1 aliphatic rings. The van der Waals surface area contributed by atoms with Crippen molar-refractivity contribution in [3.05, 3.63) is 41.9 Å². The van der Waals surface area contributed by atoms with Gasteiger partial charge >= 0.3 is 12.0 Å². The number of benzene rings is 1. The van der Waals surface area contributed by atoms with Crippen LogP contribution >= 0.6 is 0 Å². The lowest BCUT2D eigenvalue weighted by molar-refractivity contribution is -0.155. The third-order valence-corrected chi connectivity index (χ3v) is 5.26. The Hall–Kier alpha value is -3.16. The molecule has 0 spiro atoms. The molecule has 3 amide bonds. The van der Waals surface area contributed by atoms with E-state index in [0.29, 0.717) is 5.82 Å². The van der Waals surface area contributed by atoms with E-state index in [0.717, 1.165) is 16.8 Å². The molecule has 186 valence electrons. The molecule has 1 saturated heterocycles. The predicted molar refractivity (Wildman–Crippen MR) is 132 cm³/mol. The molecule has 2 N–H and O–H groups in total. The first-order chi connectivity index (χ1) is 16.0. The Morgan fingerprint density at radius 2 is 1.76 bits per heavy atom. The van der Waals surface area contributed by atoms with Crippen LogP contribution in [0.15, 0.2) is 30.5 Å². The van der Waals surface area contributed by atoms with Gasteiger partial charge in [-0.05, 0) is 45.6 Å². The second-order valence-electron chi connectivity index (χ2n) is 9.57. The fourth-order valence-corrected chi connectivity index (χ4v) is 3.76. The number of nitrogens with zero attached hydrogens (tertiary/aromatic N) is 2. The van der Waals surface area contributed by atoms with E-state index in [4.69, 9.17) is 4.74 Å². The zero-order valence-corrected chi connectivity index (χ0v) is 21.6. The number of aryl methyl sites for hydroxylation is 1. The average Bonchev–Trinajstić information content (AvgIpc) is 3.34. The SMILES string of the molecule is CC.Cc1ccc(-c2cnc([C@H](C(C)C)N3C(=O)N[C@H](CCC(=O)OC(C)(C)C)C3=O)[nH]2)cc1. The largest absolute Gasteiger partial charge is 0.460 e. The highest BCUT2D eigenvalue weighted by molar-refractivity contribution is 6.04. The Bertz CT molecular complexity index is 989. The van der Waals surface area contributed by atoms with Crippen LogP contribution in [0.3, 0.4) is 0 Å². The highest BCUT2D eigenvalue weighted by atomic mass is 16.6. The van der Waals surface area contributed by atoms with Crippen molar-refractivity contribution in [1.29, 1.82) is 0 Å². The van der Waals surface area contributed by atoms with Gasteiger partial charge in [0.2, 0.25) is 0 Å². The van der Waals surface area contributed by atoms with Crippen LogP contribution in [0.25, 0.3) is 11.3 Å². The maximum absolute atomic E-state index is 13.1. The molecule has 1 aromatic heterocycles. The van der Waals surface area contributed by atoms with Crippen molar-refractivity contribution in [2.45, 2.75) is 85.9 Å². The lowest BCUT2D eigenvalue weighted by Crippen LogP contribution is -2.38. The smallest absolute Gasteiger partial charge is 0.325 e. The van der Waals surface area contributed by atoms with Gasteiger partial charge in [0.25, 0.3) is 5.91 Å². The van der Waals surface area contributed by atoms with E-state index in [9.17, 15) is 14.4 Å². The summed E-state index contributed by atoms with van der Waals surface area (Å²) in [6.45, 7) is 15.3. The van der Waals surface area contributed by atoms with E-state index in [2.05, 4.69) is 15.3 Å². The number of imidazole rings is 1. The number of rotatable bonds is 7. The molecule has 2 heterocycles. The number of H-pyrrole nitrogens is 1. The summed E-state index contributed by atoms with van der Waals surface area (Å²) in [5.74, 6) is -0.268. The van der Waals surface area contributed by atoms with Gasteiger partial charge in [0, 0.05) is 6.42 Å². The molecule has 0 saturated carbocycles. The molecule has 0 bridgehead atoms. The number of urea groups is 1. The van der Waals surface area contributed by atoms with Crippen LogP contribution in [0.5, 0.6) is 0 Å². The number of aromatic amines is 1. The molecular weight excluding hydrogens is 432 g/mol. The van der Waals surface area contributed by atoms with Gasteiger partial charge in [0.1, 0.15) is 23.5 Å². The van der Waals surface area contributed by atoms with Gasteiger partial charge in [-0.25, -0.2) is 9.78 Å². The predicted octanol–water partition coefficient (Wildman–Crippen LogP) is 5.15. The molecule has 1 fully saturated rings. The van der Waals surface area contributed by atoms with Crippen LogP contribution in [0.4, 0.5) is 4.79 Å². The number of aromatic nitrogens is 2. The number of hydrogen-bond donors (Lipinski definition) is 2. The summed E-state index contributed by atoms with van der Waals surface area (Å²) in [7, 11) is 0. The number of carbonyl (C=O) groups is 3. The zero-order valence-electron chi connectivity index (χ0n) is 21.6. The molecule has 3 rings (SSSR count). The topological polar surface area (TPSA) is 104 Å². The lowest BCUT2D eigenvalue weighted by atomic mass is 10.0. The summed E-state index contributed by atoms with van der Waals surface area (Å²) < 4.78 is 5.30. The van der Waals surface area contributed by atoms with Gasteiger partial charge in [0.15, 0.2) is 0 Å². The summed E-state index contributed by atoms with van der Waals surface area (Å²) >= 11 is 0. The van der Waals surface area contributed by atoms with E-state index in [1.165, 1.54) is 4.90 Å². The normalized spacial score (nSPS) is 16.7. The second kappa shape index (κ2) is 11.3. The Kier molecular flexibility index (Phi) is 9.01. The van der Waals surface area contributed by atoms with Crippen LogP contribution < -0.4 is 5.32 Å². The van der Waals surface area contributed by atoms with Crippen molar-refractivity contribution in [3.8, 4) is 11.3 Å². The standard InChI is InChI=1S/C24H32N4O4.C2H6/c1-14(2)20(21-25-13-18(26-21)16-9-7-15(3)8-10-16)28-22(30)17(27-23(28)31)11-12-19(29)32-24(4,5)6;1-2/h7-10,13-14,17,20H,11-12H2,1-6H3,(H,25,26)(H,27,31);1-2H3/t17-,20+;/m1./s1. The van der Waals surface area contributed by atoms with Crippen LogP contribution in [0.2, 0.25) is 0 Å². The summed E-state index contributed by atoms with van der Waals surface area (Å²) in [5, 5.41) is 2.71. The van der Waals surface area contributed by atoms with Gasteiger partial charge < -0.3 is 15.0 Å². The number of esters is 1. The Morgan fingerprint density at radius 3 is 2.32 bits per heavy atom. The first-order valence-electron chi connectivity index (χ1n) is 11.9. The number of carbonyl (C=O) groups excluding carboxylic acids is 3. The Balaban J connectivity index is 0.00000199. The zero-order chi connectivity index (χ0) is 25.6.